The Hall–Kier alpha value is -1.72. The molecule has 4 nitrogen and oxygen atoms in total. The molecule has 2 rings (SSSR count). The van der Waals surface area contributed by atoms with Gasteiger partial charge in [-0.1, -0.05) is 30.3 Å². The van der Waals surface area contributed by atoms with Crippen LogP contribution in [0.25, 0.3) is 0 Å². The van der Waals surface area contributed by atoms with Crippen molar-refractivity contribution in [2.75, 3.05) is 14.2 Å². The predicted octanol–water partition coefficient (Wildman–Crippen LogP) is 2.37. The zero-order valence-corrected chi connectivity index (χ0v) is 11.1. The van der Waals surface area contributed by atoms with Crippen LogP contribution in [0.2, 0.25) is 0 Å². The van der Waals surface area contributed by atoms with Gasteiger partial charge in [-0.3, -0.25) is 9.63 Å². The zero-order valence-electron chi connectivity index (χ0n) is 10.3. The molecule has 1 aromatic heterocycles. The van der Waals surface area contributed by atoms with Crippen LogP contribution >= 0.6 is 11.3 Å². The third-order valence-electron chi connectivity index (χ3n) is 2.52. The first-order valence-corrected chi connectivity index (χ1v) is 6.33. The van der Waals surface area contributed by atoms with Crippen LogP contribution in [0.3, 0.4) is 0 Å². The van der Waals surface area contributed by atoms with Crippen LogP contribution in [0.1, 0.15) is 20.2 Å². The van der Waals surface area contributed by atoms with Crippen molar-refractivity contribution in [3.8, 4) is 0 Å². The van der Waals surface area contributed by atoms with Crippen molar-refractivity contribution in [2.24, 2.45) is 0 Å². The summed E-state index contributed by atoms with van der Waals surface area (Å²) in [6, 6.07) is 10.1. The SMILES string of the molecule is CON(C)C(=O)c1cnc(Cc2ccccc2)s1. The smallest absolute Gasteiger partial charge is 0.274 e. The highest BCUT2D eigenvalue weighted by Crippen LogP contribution is 2.18. The van der Waals surface area contributed by atoms with Gasteiger partial charge in [0.05, 0.1) is 18.3 Å². The lowest BCUT2D eigenvalue weighted by molar-refractivity contribution is -0.0754. The second-order valence-corrected chi connectivity index (χ2v) is 4.88. The highest BCUT2D eigenvalue weighted by atomic mass is 32.1. The van der Waals surface area contributed by atoms with Gasteiger partial charge < -0.3 is 0 Å². The highest BCUT2D eigenvalue weighted by molar-refractivity contribution is 7.13. The number of hydrogen-bond acceptors (Lipinski definition) is 4. The molecule has 2 aromatic rings. The summed E-state index contributed by atoms with van der Waals surface area (Å²) in [5, 5.41) is 2.12. The first-order valence-electron chi connectivity index (χ1n) is 5.51. The summed E-state index contributed by atoms with van der Waals surface area (Å²) in [5.74, 6) is -0.172. The fourth-order valence-electron chi connectivity index (χ4n) is 1.50. The largest absolute Gasteiger partial charge is 0.288 e. The number of hydrogen-bond donors (Lipinski definition) is 0. The number of hydroxylamine groups is 2. The van der Waals surface area contributed by atoms with Gasteiger partial charge in [0.2, 0.25) is 0 Å². The highest BCUT2D eigenvalue weighted by Gasteiger charge is 2.14. The van der Waals surface area contributed by atoms with Crippen molar-refractivity contribution < 1.29 is 9.63 Å². The van der Waals surface area contributed by atoms with Crippen LogP contribution < -0.4 is 0 Å². The Kier molecular flexibility index (Phi) is 4.07. The van der Waals surface area contributed by atoms with Gasteiger partial charge in [-0.2, -0.15) is 0 Å². The Labute approximate surface area is 110 Å². The Bertz CT molecular complexity index is 525. The van der Waals surface area contributed by atoms with Gasteiger partial charge in [0.25, 0.3) is 5.91 Å². The van der Waals surface area contributed by atoms with Crippen molar-refractivity contribution >= 4 is 17.2 Å². The molecular formula is C13H14N2O2S. The molecule has 1 amide bonds. The molecule has 0 fully saturated rings. The minimum atomic E-state index is -0.172. The summed E-state index contributed by atoms with van der Waals surface area (Å²) in [6.07, 6.45) is 2.34. The number of benzene rings is 1. The Morgan fingerprint density at radius 3 is 2.78 bits per heavy atom. The maximum absolute atomic E-state index is 11.8. The van der Waals surface area contributed by atoms with Gasteiger partial charge in [-0.25, -0.2) is 10.0 Å². The molecule has 0 aliphatic rings. The Morgan fingerprint density at radius 1 is 1.39 bits per heavy atom. The van der Waals surface area contributed by atoms with Gasteiger partial charge in [-0.05, 0) is 5.56 Å². The van der Waals surface area contributed by atoms with E-state index in [0.29, 0.717) is 4.88 Å². The van der Waals surface area contributed by atoms with Crippen molar-refractivity contribution in [1.82, 2.24) is 10.0 Å². The minimum Gasteiger partial charge on any atom is -0.274 e. The summed E-state index contributed by atoms with van der Waals surface area (Å²) in [5.41, 5.74) is 1.19. The topological polar surface area (TPSA) is 42.4 Å². The molecule has 0 bridgehead atoms. The maximum atomic E-state index is 11.8. The van der Waals surface area contributed by atoms with Crippen LogP contribution in [0, 0.1) is 0 Å². The molecule has 0 atom stereocenters. The number of aromatic nitrogens is 1. The molecule has 0 saturated carbocycles. The number of carbonyl (C=O) groups excluding carboxylic acids is 1. The van der Waals surface area contributed by atoms with Crippen molar-refractivity contribution in [2.45, 2.75) is 6.42 Å². The zero-order chi connectivity index (χ0) is 13.0. The summed E-state index contributed by atoms with van der Waals surface area (Å²) in [4.78, 5) is 21.5. The van der Waals surface area contributed by atoms with Gasteiger partial charge in [-0.15, -0.1) is 11.3 Å². The second-order valence-electron chi connectivity index (χ2n) is 3.77. The molecule has 0 radical (unpaired) electrons. The lowest BCUT2D eigenvalue weighted by Gasteiger charge is -2.11. The summed E-state index contributed by atoms with van der Waals surface area (Å²) in [6.45, 7) is 0. The van der Waals surface area contributed by atoms with E-state index in [9.17, 15) is 4.79 Å². The lowest BCUT2D eigenvalue weighted by Crippen LogP contribution is -2.24. The molecule has 1 aromatic carbocycles. The molecule has 94 valence electrons. The number of nitrogens with zero attached hydrogens (tertiary/aromatic N) is 2. The summed E-state index contributed by atoms with van der Waals surface area (Å²) >= 11 is 1.40. The lowest BCUT2D eigenvalue weighted by atomic mass is 10.2. The van der Waals surface area contributed by atoms with Gasteiger partial charge in [0.1, 0.15) is 4.88 Å². The molecule has 0 spiro atoms. The van der Waals surface area contributed by atoms with Crippen LogP contribution in [0.4, 0.5) is 0 Å². The normalized spacial score (nSPS) is 10.3. The first-order chi connectivity index (χ1) is 8.70. The van der Waals surface area contributed by atoms with E-state index in [2.05, 4.69) is 4.98 Å². The first kappa shape index (κ1) is 12.7. The number of carbonyl (C=O) groups is 1. The van der Waals surface area contributed by atoms with E-state index in [-0.39, 0.29) is 5.91 Å². The minimum absolute atomic E-state index is 0.172. The molecule has 0 aliphatic heterocycles. The number of thiazole rings is 1. The second kappa shape index (κ2) is 5.75. The van der Waals surface area contributed by atoms with E-state index in [4.69, 9.17) is 4.84 Å². The molecule has 0 aliphatic carbocycles. The van der Waals surface area contributed by atoms with Crippen molar-refractivity contribution in [3.05, 3.63) is 52.0 Å². The number of rotatable bonds is 4. The molecule has 18 heavy (non-hydrogen) atoms. The van der Waals surface area contributed by atoms with E-state index >= 15 is 0 Å². The Morgan fingerprint density at radius 2 is 2.11 bits per heavy atom. The average molecular weight is 262 g/mol. The van der Waals surface area contributed by atoms with Crippen LogP contribution in [-0.4, -0.2) is 30.1 Å². The monoisotopic (exact) mass is 262 g/mol. The van der Waals surface area contributed by atoms with Gasteiger partial charge in [0, 0.05) is 13.5 Å². The Balaban J connectivity index is 2.09. The third-order valence-corrected chi connectivity index (χ3v) is 3.51. The molecule has 0 N–H and O–H groups in total. The predicted molar refractivity (Wildman–Crippen MR) is 70.5 cm³/mol. The fraction of sp³-hybridized carbons (Fsp3) is 0.231. The number of amides is 1. The van der Waals surface area contributed by atoms with E-state index < -0.39 is 0 Å². The van der Waals surface area contributed by atoms with E-state index in [1.165, 1.54) is 29.1 Å². The molecular weight excluding hydrogens is 248 g/mol. The molecule has 0 saturated heterocycles. The van der Waals surface area contributed by atoms with Crippen LogP contribution in [-0.2, 0) is 11.3 Å². The molecule has 5 heteroatoms. The molecule has 1 heterocycles. The van der Waals surface area contributed by atoms with Crippen molar-refractivity contribution in [1.29, 1.82) is 0 Å². The third kappa shape index (κ3) is 2.94. The maximum Gasteiger partial charge on any atom is 0.288 e. The summed E-state index contributed by atoms with van der Waals surface area (Å²) in [7, 11) is 3.04. The van der Waals surface area contributed by atoms with Crippen LogP contribution in [0.15, 0.2) is 36.5 Å². The van der Waals surface area contributed by atoms with E-state index in [1.807, 2.05) is 30.3 Å². The fourth-order valence-corrected chi connectivity index (χ4v) is 2.42. The van der Waals surface area contributed by atoms with Crippen molar-refractivity contribution in [3.63, 3.8) is 0 Å². The standard InChI is InChI=1S/C13H14N2O2S/c1-15(17-2)13(16)11-9-14-12(18-11)8-10-6-4-3-5-7-10/h3-7,9H,8H2,1-2H3. The van der Waals surface area contributed by atoms with E-state index in [1.54, 1.807) is 13.2 Å². The van der Waals surface area contributed by atoms with E-state index in [0.717, 1.165) is 11.4 Å². The molecule has 0 unspecified atom stereocenters. The van der Waals surface area contributed by atoms with Crippen LogP contribution in [0.5, 0.6) is 0 Å². The quantitative estimate of drug-likeness (QED) is 0.794. The van der Waals surface area contributed by atoms with Gasteiger partial charge in [0.15, 0.2) is 0 Å². The van der Waals surface area contributed by atoms with Gasteiger partial charge >= 0.3 is 0 Å². The summed E-state index contributed by atoms with van der Waals surface area (Å²) < 4.78 is 0. The average Bonchev–Trinajstić information content (AvgIpc) is 2.86.